The van der Waals surface area contributed by atoms with Crippen LogP contribution in [0, 0.1) is 0 Å². The fourth-order valence-corrected chi connectivity index (χ4v) is 3.24. The van der Waals surface area contributed by atoms with Crippen LogP contribution in [-0.4, -0.2) is 29.3 Å². The van der Waals surface area contributed by atoms with Crippen LogP contribution in [0.15, 0.2) is 42.0 Å². The zero-order valence-corrected chi connectivity index (χ0v) is 13.5. The highest BCUT2D eigenvalue weighted by atomic mass is 32.1. The molecular weight excluding hydrogens is 310 g/mol. The van der Waals surface area contributed by atoms with Crippen molar-refractivity contribution in [2.24, 2.45) is 0 Å². The molecule has 1 aromatic carbocycles. The molecule has 0 aliphatic carbocycles. The van der Waals surface area contributed by atoms with Crippen LogP contribution in [0.1, 0.15) is 18.5 Å². The lowest BCUT2D eigenvalue weighted by atomic mass is 10.1. The van der Waals surface area contributed by atoms with E-state index >= 15 is 0 Å². The Balaban J connectivity index is 1.47. The molecule has 0 saturated carbocycles. The summed E-state index contributed by atoms with van der Waals surface area (Å²) in [4.78, 5) is 9.64. The molecule has 1 saturated heterocycles. The smallest absolute Gasteiger partial charge is 0.145 e. The molecule has 3 aromatic rings. The molecule has 1 fully saturated rings. The first-order valence-electron chi connectivity index (χ1n) is 7.59. The van der Waals surface area contributed by atoms with Crippen molar-refractivity contribution in [1.82, 2.24) is 9.97 Å². The highest BCUT2D eigenvalue weighted by Crippen LogP contribution is 2.27. The summed E-state index contributed by atoms with van der Waals surface area (Å²) in [6, 6.07) is 10.4. The van der Waals surface area contributed by atoms with Gasteiger partial charge in [0.05, 0.1) is 18.6 Å². The van der Waals surface area contributed by atoms with E-state index in [1.165, 1.54) is 5.56 Å². The molecule has 1 N–H and O–H groups in total. The number of fused-ring (bicyclic) bond motifs is 1. The van der Waals surface area contributed by atoms with Crippen LogP contribution in [0.25, 0.3) is 10.2 Å². The summed E-state index contributed by atoms with van der Waals surface area (Å²) in [7, 11) is 0. The minimum absolute atomic E-state index is 0.147. The van der Waals surface area contributed by atoms with Crippen molar-refractivity contribution in [3.63, 3.8) is 0 Å². The van der Waals surface area contributed by atoms with Gasteiger partial charge in [-0.15, -0.1) is 11.3 Å². The van der Waals surface area contributed by atoms with Gasteiger partial charge in [0.15, 0.2) is 0 Å². The second-order valence-corrected chi connectivity index (χ2v) is 6.47. The zero-order valence-electron chi connectivity index (χ0n) is 12.7. The van der Waals surface area contributed by atoms with Crippen LogP contribution in [0.4, 0.5) is 5.82 Å². The van der Waals surface area contributed by atoms with Gasteiger partial charge in [-0.3, -0.25) is 0 Å². The Morgan fingerprint density at radius 1 is 1.22 bits per heavy atom. The lowest BCUT2D eigenvalue weighted by Crippen LogP contribution is -2.38. The Hall–Kier alpha value is -2.18. The molecule has 0 spiro atoms. The van der Waals surface area contributed by atoms with Crippen molar-refractivity contribution in [1.29, 1.82) is 0 Å². The summed E-state index contributed by atoms with van der Waals surface area (Å²) in [5, 5.41) is 6.56. The van der Waals surface area contributed by atoms with Crippen molar-refractivity contribution < 1.29 is 9.47 Å². The van der Waals surface area contributed by atoms with Gasteiger partial charge in [0.2, 0.25) is 0 Å². The molecule has 1 aliphatic heterocycles. The van der Waals surface area contributed by atoms with E-state index in [4.69, 9.17) is 9.47 Å². The number of ether oxygens (including phenoxy) is 2. The predicted octanol–water partition coefficient (Wildman–Crippen LogP) is 3.64. The highest BCUT2D eigenvalue weighted by Gasteiger charge is 2.20. The molecule has 0 amide bonds. The molecule has 1 unspecified atom stereocenters. The average Bonchev–Trinajstić information content (AvgIpc) is 3.01. The second-order valence-electron chi connectivity index (χ2n) is 5.57. The summed E-state index contributed by atoms with van der Waals surface area (Å²) in [6.07, 6.45) is 1.80. The van der Waals surface area contributed by atoms with Crippen LogP contribution in [0.5, 0.6) is 5.75 Å². The lowest BCUT2D eigenvalue weighted by Gasteiger charge is -2.26. The summed E-state index contributed by atoms with van der Waals surface area (Å²) in [5.41, 5.74) is 1.18. The molecule has 0 radical (unpaired) electrons. The van der Waals surface area contributed by atoms with Crippen molar-refractivity contribution in [2.45, 2.75) is 19.1 Å². The molecule has 118 valence electrons. The van der Waals surface area contributed by atoms with Crippen LogP contribution < -0.4 is 10.1 Å². The molecule has 4 rings (SSSR count). The van der Waals surface area contributed by atoms with Gasteiger partial charge in [-0.05, 0) is 36.1 Å². The van der Waals surface area contributed by atoms with Gasteiger partial charge in [0.1, 0.15) is 28.8 Å². The molecule has 2 aromatic heterocycles. The molecule has 1 atom stereocenters. The fraction of sp³-hybridized carbons (Fsp3) is 0.294. The molecule has 0 bridgehead atoms. The Morgan fingerprint density at radius 3 is 2.78 bits per heavy atom. The van der Waals surface area contributed by atoms with Crippen molar-refractivity contribution in [3.05, 3.63) is 47.6 Å². The van der Waals surface area contributed by atoms with E-state index in [0.29, 0.717) is 13.2 Å². The van der Waals surface area contributed by atoms with Gasteiger partial charge < -0.3 is 14.8 Å². The van der Waals surface area contributed by atoms with Gasteiger partial charge in [-0.25, -0.2) is 9.97 Å². The van der Waals surface area contributed by atoms with Gasteiger partial charge in [-0.2, -0.15) is 0 Å². The second kappa shape index (κ2) is 6.14. The predicted molar refractivity (Wildman–Crippen MR) is 91.1 cm³/mol. The number of benzene rings is 1. The molecule has 1 aliphatic rings. The number of thiophene rings is 1. The van der Waals surface area contributed by atoms with E-state index in [0.717, 1.165) is 21.8 Å². The van der Waals surface area contributed by atoms with E-state index < -0.39 is 0 Å². The van der Waals surface area contributed by atoms with Crippen LogP contribution >= 0.6 is 11.3 Å². The van der Waals surface area contributed by atoms with Crippen LogP contribution in [-0.2, 0) is 4.74 Å². The maximum Gasteiger partial charge on any atom is 0.145 e. The molecule has 6 heteroatoms. The summed E-state index contributed by atoms with van der Waals surface area (Å²) in [5.74, 6) is 1.76. The van der Waals surface area contributed by atoms with Crippen LogP contribution in [0.3, 0.4) is 0 Å². The van der Waals surface area contributed by atoms with E-state index in [9.17, 15) is 0 Å². The molecule has 5 nitrogen and oxygen atoms in total. The number of rotatable bonds is 5. The molecule has 3 heterocycles. The first-order chi connectivity index (χ1) is 11.3. The number of hydrogen-bond donors (Lipinski definition) is 1. The monoisotopic (exact) mass is 327 g/mol. The van der Waals surface area contributed by atoms with E-state index in [1.807, 2.05) is 23.6 Å². The lowest BCUT2D eigenvalue weighted by molar-refractivity contribution is -0.0796. The van der Waals surface area contributed by atoms with Crippen molar-refractivity contribution in [3.8, 4) is 5.75 Å². The van der Waals surface area contributed by atoms with Gasteiger partial charge in [0, 0.05) is 6.04 Å². The van der Waals surface area contributed by atoms with Gasteiger partial charge in [0.25, 0.3) is 0 Å². The maximum absolute atomic E-state index is 5.79. The Bertz CT molecular complexity index is 799. The highest BCUT2D eigenvalue weighted by molar-refractivity contribution is 7.16. The number of nitrogens with zero attached hydrogens (tertiary/aromatic N) is 2. The number of nitrogens with one attached hydrogen (secondary N) is 1. The number of aromatic nitrogens is 2. The largest absolute Gasteiger partial charge is 0.486 e. The zero-order chi connectivity index (χ0) is 15.6. The number of anilines is 1. The third-order valence-electron chi connectivity index (χ3n) is 3.91. The Morgan fingerprint density at radius 2 is 2.04 bits per heavy atom. The van der Waals surface area contributed by atoms with Crippen LogP contribution in [0.2, 0.25) is 0 Å². The Labute approximate surface area is 138 Å². The van der Waals surface area contributed by atoms with Gasteiger partial charge >= 0.3 is 0 Å². The number of hydrogen-bond acceptors (Lipinski definition) is 6. The summed E-state index contributed by atoms with van der Waals surface area (Å²) >= 11 is 1.62. The standard InChI is InChI=1S/C17H17N3O2S/c1-11(20-16-15-6-7-23-17(15)19-10-18-16)12-2-4-13(5-3-12)22-14-8-21-9-14/h2-7,10-11,14H,8-9H2,1H3,(H,18,19,20). The summed E-state index contributed by atoms with van der Waals surface area (Å²) < 4.78 is 10.9. The quantitative estimate of drug-likeness (QED) is 0.775. The summed E-state index contributed by atoms with van der Waals surface area (Å²) in [6.45, 7) is 3.49. The molecular formula is C17H17N3O2S. The maximum atomic E-state index is 5.79. The first kappa shape index (κ1) is 14.4. The topological polar surface area (TPSA) is 56.3 Å². The fourth-order valence-electron chi connectivity index (χ4n) is 2.50. The van der Waals surface area contributed by atoms with Gasteiger partial charge in [-0.1, -0.05) is 12.1 Å². The van der Waals surface area contributed by atoms with E-state index in [1.54, 1.807) is 17.7 Å². The Kier molecular flexibility index (Phi) is 3.85. The SMILES string of the molecule is CC(Nc1ncnc2sccc12)c1ccc(OC2COC2)cc1. The van der Waals surface area contributed by atoms with Crippen molar-refractivity contribution in [2.75, 3.05) is 18.5 Å². The minimum Gasteiger partial charge on any atom is -0.486 e. The van der Waals surface area contributed by atoms with E-state index in [-0.39, 0.29) is 12.1 Å². The normalized spacial score (nSPS) is 16.0. The first-order valence-corrected chi connectivity index (χ1v) is 8.46. The third kappa shape index (κ3) is 3.00. The molecule has 23 heavy (non-hydrogen) atoms. The minimum atomic E-state index is 0.147. The average molecular weight is 327 g/mol. The van der Waals surface area contributed by atoms with Crippen molar-refractivity contribution >= 4 is 27.4 Å². The third-order valence-corrected chi connectivity index (χ3v) is 4.73. The van der Waals surface area contributed by atoms with E-state index in [2.05, 4.69) is 34.3 Å².